The molecule has 124 valence electrons. The predicted molar refractivity (Wildman–Crippen MR) is 83.5 cm³/mol. The summed E-state index contributed by atoms with van der Waals surface area (Å²) in [4.78, 5) is 17.2. The number of rotatable bonds is 1. The van der Waals surface area contributed by atoms with E-state index >= 15 is 0 Å². The Morgan fingerprint density at radius 2 is 2.09 bits per heavy atom. The summed E-state index contributed by atoms with van der Waals surface area (Å²) in [5.41, 5.74) is -1.42. The molecule has 0 bridgehead atoms. The van der Waals surface area contributed by atoms with E-state index in [-0.39, 0.29) is 10.6 Å². The van der Waals surface area contributed by atoms with E-state index in [1.165, 1.54) is 17.2 Å². The van der Waals surface area contributed by atoms with Gasteiger partial charge in [0.15, 0.2) is 0 Å². The number of hydrogen-bond donors (Lipinski definition) is 0. The van der Waals surface area contributed by atoms with Crippen LogP contribution in [0.3, 0.4) is 0 Å². The SMILES string of the molecule is CC(C)(C)OC(=O)N1CCC(C#N)(c2cc(Cl)cnc2F)CC1. The molecule has 1 saturated heterocycles. The molecule has 2 rings (SSSR count). The van der Waals surface area contributed by atoms with Crippen LogP contribution < -0.4 is 0 Å². The van der Waals surface area contributed by atoms with Crippen molar-refractivity contribution in [2.24, 2.45) is 0 Å². The smallest absolute Gasteiger partial charge is 0.410 e. The molecule has 0 spiro atoms. The van der Waals surface area contributed by atoms with Crippen LogP contribution in [-0.4, -0.2) is 34.7 Å². The van der Waals surface area contributed by atoms with Gasteiger partial charge in [-0.15, -0.1) is 0 Å². The average Bonchev–Trinajstić information content (AvgIpc) is 2.48. The van der Waals surface area contributed by atoms with Gasteiger partial charge in [0.1, 0.15) is 5.60 Å². The van der Waals surface area contributed by atoms with Crippen molar-refractivity contribution in [1.29, 1.82) is 5.26 Å². The molecule has 0 aliphatic carbocycles. The Morgan fingerprint density at radius 3 is 2.61 bits per heavy atom. The number of halogens is 2. The van der Waals surface area contributed by atoms with Gasteiger partial charge in [-0.1, -0.05) is 11.6 Å². The van der Waals surface area contributed by atoms with Crippen molar-refractivity contribution in [3.05, 3.63) is 28.8 Å². The Bertz CT molecular complexity index is 644. The molecule has 1 aromatic rings. The molecular formula is C16H19ClFN3O2. The highest BCUT2D eigenvalue weighted by molar-refractivity contribution is 6.30. The van der Waals surface area contributed by atoms with E-state index in [2.05, 4.69) is 11.1 Å². The number of hydrogen-bond acceptors (Lipinski definition) is 4. The molecule has 2 heterocycles. The Morgan fingerprint density at radius 1 is 1.48 bits per heavy atom. The molecule has 0 atom stereocenters. The number of piperidine rings is 1. The summed E-state index contributed by atoms with van der Waals surface area (Å²) >= 11 is 5.88. The number of carbonyl (C=O) groups excluding carboxylic acids is 1. The van der Waals surface area contributed by atoms with Crippen LogP contribution in [0.25, 0.3) is 0 Å². The lowest BCUT2D eigenvalue weighted by Gasteiger charge is -2.38. The maximum atomic E-state index is 14.0. The number of likely N-dealkylation sites (tertiary alicyclic amines) is 1. The first-order valence-electron chi connectivity index (χ1n) is 7.37. The van der Waals surface area contributed by atoms with Crippen LogP contribution >= 0.6 is 11.6 Å². The molecule has 1 amide bonds. The minimum Gasteiger partial charge on any atom is -0.444 e. The number of amides is 1. The van der Waals surface area contributed by atoms with Gasteiger partial charge in [-0.3, -0.25) is 0 Å². The third-order valence-electron chi connectivity index (χ3n) is 3.80. The summed E-state index contributed by atoms with van der Waals surface area (Å²) in [7, 11) is 0. The van der Waals surface area contributed by atoms with E-state index in [0.717, 1.165) is 0 Å². The van der Waals surface area contributed by atoms with Crippen molar-refractivity contribution in [2.75, 3.05) is 13.1 Å². The van der Waals surface area contributed by atoms with Gasteiger partial charge in [-0.2, -0.15) is 9.65 Å². The number of carbonyl (C=O) groups is 1. The monoisotopic (exact) mass is 339 g/mol. The molecule has 0 saturated carbocycles. The Labute approximate surface area is 140 Å². The van der Waals surface area contributed by atoms with Crippen LogP contribution in [0, 0.1) is 17.3 Å². The van der Waals surface area contributed by atoms with Gasteiger partial charge < -0.3 is 9.64 Å². The van der Waals surface area contributed by atoms with Crippen LogP contribution in [-0.2, 0) is 10.2 Å². The molecule has 5 nitrogen and oxygen atoms in total. The summed E-state index contributed by atoms with van der Waals surface area (Å²) in [5, 5.41) is 9.88. The van der Waals surface area contributed by atoms with Gasteiger partial charge in [0.25, 0.3) is 0 Å². The second kappa shape index (κ2) is 6.32. The van der Waals surface area contributed by atoms with Gasteiger partial charge in [0.05, 0.1) is 16.5 Å². The van der Waals surface area contributed by atoms with Crippen molar-refractivity contribution in [1.82, 2.24) is 9.88 Å². The first kappa shape index (κ1) is 17.5. The molecule has 0 unspecified atom stereocenters. The van der Waals surface area contributed by atoms with E-state index in [4.69, 9.17) is 16.3 Å². The third-order valence-corrected chi connectivity index (χ3v) is 4.01. The van der Waals surface area contributed by atoms with Gasteiger partial charge >= 0.3 is 6.09 Å². The normalized spacial score (nSPS) is 17.5. The van der Waals surface area contributed by atoms with E-state index < -0.39 is 23.1 Å². The molecule has 0 aromatic carbocycles. The fourth-order valence-electron chi connectivity index (χ4n) is 2.60. The third kappa shape index (κ3) is 3.91. The lowest BCUT2D eigenvalue weighted by molar-refractivity contribution is 0.0184. The maximum Gasteiger partial charge on any atom is 0.410 e. The number of nitriles is 1. The maximum absolute atomic E-state index is 14.0. The molecule has 1 aromatic heterocycles. The van der Waals surface area contributed by atoms with E-state index in [9.17, 15) is 14.4 Å². The van der Waals surface area contributed by atoms with Crippen molar-refractivity contribution in [2.45, 2.75) is 44.6 Å². The summed E-state index contributed by atoms with van der Waals surface area (Å²) in [6, 6.07) is 3.63. The highest BCUT2D eigenvalue weighted by Crippen LogP contribution is 2.37. The highest BCUT2D eigenvalue weighted by atomic mass is 35.5. The number of pyridine rings is 1. The second-order valence-corrected chi connectivity index (χ2v) is 7.09. The summed E-state index contributed by atoms with van der Waals surface area (Å²) in [5.74, 6) is -0.693. The van der Waals surface area contributed by atoms with Crippen molar-refractivity contribution >= 4 is 17.7 Å². The average molecular weight is 340 g/mol. The van der Waals surface area contributed by atoms with Crippen LogP contribution in [0.5, 0.6) is 0 Å². The van der Waals surface area contributed by atoms with Gasteiger partial charge in [0.2, 0.25) is 5.95 Å². The lowest BCUT2D eigenvalue weighted by atomic mass is 9.74. The topological polar surface area (TPSA) is 66.2 Å². The van der Waals surface area contributed by atoms with Crippen molar-refractivity contribution in [3.8, 4) is 6.07 Å². The molecule has 23 heavy (non-hydrogen) atoms. The molecule has 1 aliphatic rings. The molecular weight excluding hydrogens is 321 g/mol. The number of aromatic nitrogens is 1. The molecule has 0 radical (unpaired) electrons. The first-order chi connectivity index (χ1) is 10.7. The highest BCUT2D eigenvalue weighted by Gasteiger charge is 2.41. The van der Waals surface area contributed by atoms with Gasteiger partial charge in [-0.25, -0.2) is 9.78 Å². The summed E-state index contributed by atoms with van der Waals surface area (Å²) < 4.78 is 19.4. The first-order valence-corrected chi connectivity index (χ1v) is 7.75. The summed E-state index contributed by atoms with van der Waals surface area (Å²) in [6.45, 7) is 6.01. The summed E-state index contributed by atoms with van der Waals surface area (Å²) in [6.07, 6.45) is 1.40. The lowest BCUT2D eigenvalue weighted by Crippen LogP contribution is -2.46. The van der Waals surface area contributed by atoms with Gasteiger partial charge in [0, 0.05) is 24.8 Å². The Hall–Kier alpha value is -1.87. The number of nitrogens with zero attached hydrogens (tertiary/aromatic N) is 3. The van der Waals surface area contributed by atoms with E-state index in [1.54, 1.807) is 20.8 Å². The Kier molecular flexibility index (Phi) is 4.81. The zero-order valence-electron chi connectivity index (χ0n) is 13.4. The minimum absolute atomic E-state index is 0.191. The second-order valence-electron chi connectivity index (χ2n) is 6.65. The zero-order valence-corrected chi connectivity index (χ0v) is 14.2. The predicted octanol–water partition coefficient (Wildman–Crippen LogP) is 3.67. The zero-order chi connectivity index (χ0) is 17.3. The van der Waals surface area contributed by atoms with Crippen LogP contribution in [0.1, 0.15) is 39.2 Å². The van der Waals surface area contributed by atoms with Crippen molar-refractivity contribution in [3.63, 3.8) is 0 Å². The molecule has 7 heteroatoms. The van der Waals surface area contributed by atoms with E-state index in [1.807, 2.05) is 0 Å². The largest absolute Gasteiger partial charge is 0.444 e. The van der Waals surface area contributed by atoms with Crippen LogP contribution in [0.15, 0.2) is 12.3 Å². The molecule has 0 N–H and O–H groups in total. The van der Waals surface area contributed by atoms with Crippen LogP contribution in [0.2, 0.25) is 5.02 Å². The molecule has 1 aliphatic heterocycles. The standard InChI is InChI=1S/C16H19ClFN3O2/c1-15(2,3)23-14(22)21-6-4-16(10-19,5-7-21)12-8-11(17)9-20-13(12)18/h8-9H,4-7H2,1-3H3. The minimum atomic E-state index is -1.03. The molecule has 1 fully saturated rings. The van der Waals surface area contributed by atoms with Crippen molar-refractivity contribution < 1.29 is 13.9 Å². The Balaban J connectivity index is 2.16. The van der Waals surface area contributed by atoms with Gasteiger partial charge in [-0.05, 0) is 39.7 Å². The van der Waals surface area contributed by atoms with Crippen LogP contribution in [0.4, 0.5) is 9.18 Å². The fraction of sp³-hybridized carbons (Fsp3) is 0.562. The van der Waals surface area contributed by atoms with E-state index in [0.29, 0.717) is 25.9 Å². The quantitative estimate of drug-likeness (QED) is 0.732. The number of ether oxygens (including phenoxy) is 1. The fourth-order valence-corrected chi connectivity index (χ4v) is 2.75.